The average molecular weight is 371 g/mol. The Morgan fingerprint density at radius 1 is 1.43 bits per heavy atom. The predicted octanol–water partition coefficient (Wildman–Crippen LogP) is 4.75. The highest BCUT2D eigenvalue weighted by molar-refractivity contribution is 9.10. The molecule has 1 heterocycles. The maximum atomic E-state index is 11.9. The van der Waals surface area contributed by atoms with E-state index in [9.17, 15) is 4.79 Å². The van der Waals surface area contributed by atoms with Crippen molar-refractivity contribution in [3.8, 4) is 5.75 Å². The van der Waals surface area contributed by atoms with E-state index in [0.717, 1.165) is 0 Å². The largest absolute Gasteiger partial charge is 0.490 e. The Labute approximate surface area is 135 Å². The summed E-state index contributed by atoms with van der Waals surface area (Å²) in [4.78, 5) is 11.9. The van der Waals surface area contributed by atoms with Crippen molar-refractivity contribution < 1.29 is 13.9 Å². The molecule has 1 aromatic heterocycles. The number of furan rings is 1. The minimum absolute atomic E-state index is 0.300. The number of carbonyl (C=O) groups excluding carboxylic acids is 1. The number of anilines is 1. The molecule has 6 heteroatoms. The lowest BCUT2D eigenvalue weighted by Gasteiger charge is -2.11. The SMILES string of the molecule is CCOc1c(Cl)cccc1NC(=O)/C=C/c1ccc(Br)o1. The molecule has 1 aromatic carbocycles. The number of rotatable bonds is 5. The lowest BCUT2D eigenvalue weighted by Crippen LogP contribution is -2.09. The van der Waals surface area contributed by atoms with Crippen molar-refractivity contribution >= 4 is 45.2 Å². The molecule has 2 rings (SSSR count). The van der Waals surface area contributed by atoms with Crippen LogP contribution in [-0.4, -0.2) is 12.5 Å². The van der Waals surface area contributed by atoms with Crippen LogP contribution in [0, 0.1) is 0 Å². The second-order valence-corrected chi connectivity index (χ2v) is 5.20. The van der Waals surface area contributed by atoms with Crippen molar-refractivity contribution in [2.75, 3.05) is 11.9 Å². The van der Waals surface area contributed by atoms with Crippen LogP contribution >= 0.6 is 27.5 Å². The van der Waals surface area contributed by atoms with Crippen molar-refractivity contribution in [1.29, 1.82) is 0 Å². The molecule has 0 saturated carbocycles. The third-order valence-corrected chi connectivity index (χ3v) is 3.23. The monoisotopic (exact) mass is 369 g/mol. The van der Waals surface area contributed by atoms with E-state index in [0.29, 0.717) is 33.5 Å². The van der Waals surface area contributed by atoms with Gasteiger partial charge < -0.3 is 14.5 Å². The molecule has 0 atom stereocenters. The van der Waals surface area contributed by atoms with Crippen LogP contribution in [0.4, 0.5) is 5.69 Å². The van der Waals surface area contributed by atoms with Gasteiger partial charge in [-0.15, -0.1) is 0 Å². The first-order chi connectivity index (χ1) is 10.1. The van der Waals surface area contributed by atoms with E-state index in [1.807, 2.05) is 6.92 Å². The molecule has 0 fully saturated rings. The minimum Gasteiger partial charge on any atom is -0.490 e. The number of nitrogens with one attached hydrogen (secondary N) is 1. The Bertz CT molecular complexity index is 667. The molecule has 0 radical (unpaired) electrons. The topological polar surface area (TPSA) is 51.5 Å². The van der Waals surface area contributed by atoms with Gasteiger partial charge in [-0.1, -0.05) is 17.7 Å². The average Bonchev–Trinajstić information content (AvgIpc) is 2.86. The number of hydrogen-bond donors (Lipinski definition) is 1. The van der Waals surface area contributed by atoms with Gasteiger partial charge in [-0.2, -0.15) is 0 Å². The summed E-state index contributed by atoms with van der Waals surface area (Å²) in [5.41, 5.74) is 0.527. The van der Waals surface area contributed by atoms with Crippen molar-refractivity contribution in [3.05, 3.63) is 51.9 Å². The Morgan fingerprint density at radius 2 is 2.24 bits per heavy atom. The molecule has 2 aromatic rings. The van der Waals surface area contributed by atoms with Gasteiger partial charge in [0.1, 0.15) is 5.76 Å². The van der Waals surface area contributed by atoms with Crippen LogP contribution in [0.5, 0.6) is 5.75 Å². The molecule has 0 aliphatic rings. The fourth-order valence-electron chi connectivity index (χ4n) is 1.65. The van der Waals surface area contributed by atoms with Gasteiger partial charge in [0.2, 0.25) is 5.91 Å². The Hall–Kier alpha value is -1.72. The molecule has 1 amide bonds. The molecular weight excluding hydrogens is 358 g/mol. The van der Waals surface area contributed by atoms with Crippen LogP contribution < -0.4 is 10.1 Å². The highest BCUT2D eigenvalue weighted by Crippen LogP contribution is 2.32. The molecule has 21 heavy (non-hydrogen) atoms. The Morgan fingerprint density at radius 3 is 2.90 bits per heavy atom. The van der Waals surface area contributed by atoms with Gasteiger partial charge in [-0.25, -0.2) is 0 Å². The zero-order chi connectivity index (χ0) is 15.2. The van der Waals surface area contributed by atoms with Crippen LogP contribution in [0.15, 0.2) is 45.5 Å². The number of halogens is 2. The van der Waals surface area contributed by atoms with Crippen molar-refractivity contribution in [3.63, 3.8) is 0 Å². The number of amides is 1. The van der Waals surface area contributed by atoms with Gasteiger partial charge in [0.25, 0.3) is 0 Å². The lowest BCUT2D eigenvalue weighted by molar-refractivity contribution is -0.111. The first-order valence-electron chi connectivity index (χ1n) is 6.26. The molecule has 0 spiro atoms. The van der Waals surface area contributed by atoms with Gasteiger partial charge in [0, 0.05) is 6.08 Å². The van der Waals surface area contributed by atoms with Crippen molar-refractivity contribution in [2.24, 2.45) is 0 Å². The van der Waals surface area contributed by atoms with Crippen molar-refractivity contribution in [2.45, 2.75) is 6.92 Å². The lowest BCUT2D eigenvalue weighted by atomic mass is 10.3. The van der Waals surface area contributed by atoms with E-state index in [2.05, 4.69) is 21.2 Å². The summed E-state index contributed by atoms with van der Waals surface area (Å²) in [7, 11) is 0. The van der Waals surface area contributed by atoms with E-state index in [1.165, 1.54) is 6.08 Å². The molecule has 0 aliphatic carbocycles. The maximum absolute atomic E-state index is 11.9. The van der Waals surface area contributed by atoms with E-state index in [1.54, 1.807) is 36.4 Å². The van der Waals surface area contributed by atoms with Gasteiger partial charge in [-0.3, -0.25) is 4.79 Å². The van der Waals surface area contributed by atoms with E-state index in [-0.39, 0.29) is 5.91 Å². The maximum Gasteiger partial charge on any atom is 0.248 e. The Kier molecular flexibility index (Phi) is 5.47. The molecule has 0 unspecified atom stereocenters. The predicted molar refractivity (Wildman–Crippen MR) is 86.7 cm³/mol. The highest BCUT2D eigenvalue weighted by Gasteiger charge is 2.09. The molecule has 4 nitrogen and oxygen atoms in total. The minimum atomic E-state index is -0.300. The van der Waals surface area contributed by atoms with E-state index < -0.39 is 0 Å². The number of ether oxygens (including phenoxy) is 1. The molecule has 0 saturated heterocycles. The summed E-state index contributed by atoms with van der Waals surface area (Å²) in [5.74, 6) is 0.739. The van der Waals surface area contributed by atoms with Gasteiger partial charge in [-0.05, 0) is 53.2 Å². The normalized spacial score (nSPS) is 10.8. The smallest absolute Gasteiger partial charge is 0.248 e. The first kappa shape index (κ1) is 15.7. The summed E-state index contributed by atoms with van der Waals surface area (Å²) < 4.78 is 11.3. The summed E-state index contributed by atoms with van der Waals surface area (Å²) in [5, 5.41) is 3.18. The molecule has 0 bridgehead atoms. The molecule has 1 N–H and O–H groups in total. The second kappa shape index (κ2) is 7.33. The summed E-state index contributed by atoms with van der Waals surface area (Å²) in [6.07, 6.45) is 2.95. The Balaban J connectivity index is 2.09. The van der Waals surface area contributed by atoms with E-state index >= 15 is 0 Å². The third kappa shape index (κ3) is 4.37. The number of benzene rings is 1. The number of carbonyl (C=O) groups is 1. The number of hydrogen-bond acceptors (Lipinski definition) is 3. The molecule has 0 aliphatic heterocycles. The fraction of sp³-hybridized carbons (Fsp3) is 0.133. The van der Waals surface area contributed by atoms with Gasteiger partial charge >= 0.3 is 0 Å². The highest BCUT2D eigenvalue weighted by atomic mass is 79.9. The fourth-order valence-corrected chi connectivity index (χ4v) is 2.20. The summed E-state index contributed by atoms with van der Waals surface area (Å²) in [6, 6.07) is 8.68. The van der Waals surface area contributed by atoms with Crippen LogP contribution in [0.2, 0.25) is 5.02 Å². The van der Waals surface area contributed by atoms with Crippen molar-refractivity contribution in [1.82, 2.24) is 0 Å². The van der Waals surface area contributed by atoms with Gasteiger partial charge in [0.05, 0.1) is 17.3 Å². The second-order valence-electron chi connectivity index (χ2n) is 4.01. The summed E-state index contributed by atoms with van der Waals surface area (Å²) in [6.45, 7) is 2.31. The first-order valence-corrected chi connectivity index (χ1v) is 7.43. The van der Waals surface area contributed by atoms with Crippen LogP contribution in [-0.2, 0) is 4.79 Å². The zero-order valence-corrected chi connectivity index (χ0v) is 13.6. The molecular formula is C15H13BrClNO3. The van der Waals surface area contributed by atoms with Crippen LogP contribution in [0.25, 0.3) is 6.08 Å². The standard InChI is InChI=1S/C15H13BrClNO3/c1-2-20-15-11(17)4-3-5-12(15)18-14(19)9-7-10-6-8-13(16)21-10/h3-9H,2H2,1H3,(H,18,19)/b9-7+. The summed E-state index contributed by atoms with van der Waals surface area (Å²) >= 11 is 9.25. The number of para-hydroxylation sites is 1. The van der Waals surface area contributed by atoms with Crippen LogP contribution in [0.3, 0.4) is 0 Å². The van der Waals surface area contributed by atoms with Gasteiger partial charge in [0.15, 0.2) is 10.4 Å². The zero-order valence-electron chi connectivity index (χ0n) is 11.2. The van der Waals surface area contributed by atoms with E-state index in [4.69, 9.17) is 20.8 Å². The van der Waals surface area contributed by atoms with Crippen LogP contribution in [0.1, 0.15) is 12.7 Å². The third-order valence-electron chi connectivity index (χ3n) is 2.51. The quantitative estimate of drug-likeness (QED) is 0.773. The molecule has 110 valence electrons.